The molecule has 1 unspecified atom stereocenters. The van der Waals surface area contributed by atoms with Gasteiger partial charge in [0, 0.05) is 30.8 Å². The first-order valence-corrected chi connectivity index (χ1v) is 11.4. The van der Waals surface area contributed by atoms with Gasteiger partial charge in [0.15, 0.2) is 0 Å². The molecule has 32 heavy (non-hydrogen) atoms. The number of hydrogen-bond acceptors (Lipinski definition) is 6. The lowest BCUT2D eigenvalue weighted by Crippen LogP contribution is -2.57. The summed E-state index contributed by atoms with van der Waals surface area (Å²) in [6.45, 7) is 3.02. The van der Waals surface area contributed by atoms with Gasteiger partial charge in [-0.25, -0.2) is 0 Å². The van der Waals surface area contributed by atoms with E-state index in [9.17, 15) is 24.5 Å². The molecule has 2 rings (SSSR count). The number of carbonyl (C=O) groups excluding carboxylic acids is 3. The van der Waals surface area contributed by atoms with Gasteiger partial charge in [-0.3, -0.25) is 24.5 Å². The van der Waals surface area contributed by atoms with E-state index < -0.39 is 28.7 Å². The zero-order valence-corrected chi connectivity index (χ0v) is 18.7. The van der Waals surface area contributed by atoms with Gasteiger partial charge < -0.3 is 15.0 Å². The molecule has 1 heterocycles. The van der Waals surface area contributed by atoms with E-state index in [1.807, 2.05) is 0 Å². The number of nitrogens with one attached hydrogen (secondary N) is 1. The number of rotatable bonds is 13. The van der Waals surface area contributed by atoms with Crippen LogP contribution in [0.1, 0.15) is 75.1 Å². The molecule has 0 aromatic heterocycles. The van der Waals surface area contributed by atoms with Gasteiger partial charge in [-0.05, 0) is 18.6 Å². The summed E-state index contributed by atoms with van der Waals surface area (Å²) in [5, 5.41) is 13.5. The average Bonchev–Trinajstić information content (AvgIpc) is 2.79. The van der Waals surface area contributed by atoms with Crippen molar-refractivity contribution in [1.82, 2.24) is 10.2 Å². The molecule has 9 nitrogen and oxygen atoms in total. The number of benzene rings is 1. The molecule has 0 bridgehead atoms. The van der Waals surface area contributed by atoms with E-state index >= 15 is 0 Å². The maximum Gasteiger partial charge on any atom is 0.308 e. The van der Waals surface area contributed by atoms with E-state index in [-0.39, 0.29) is 30.8 Å². The number of hydrogen-bond donors (Lipinski definition) is 1. The summed E-state index contributed by atoms with van der Waals surface area (Å²) in [4.78, 5) is 49.1. The van der Waals surface area contributed by atoms with Gasteiger partial charge in [0.1, 0.15) is 6.04 Å². The minimum absolute atomic E-state index is 0.126. The first-order chi connectivity index (χ1) is 15.4. The molecule has 0 aliphatic carbocycles. The summed E-state index contributed by atoms with van der Waals surface area (Å²) in [6, 6.07) is 4.22. The minimum Gasteiger partial charge on any atom is -0.466 e. The number of esters is 1. The molecular weight excluding hydrogens is 414 g/mol. The highest BCUT2D eigenvalue weighted by molar-refractivity contribution is 5.99. The van der Waals surface area contributed by atoms with Crippen molar-refractivity contribution in [2.24, 2.45) is 0 Å². The van der Waals surface area contributed by atoms with Crippen LogP contribution in [0.15, 0.2) is 24.3 Å². The highest BCUT2D eigenvalue weighted by atomic mass is 16.6. The van der Waals surface area contributed by atoms with Crippen LogP contribution >= 0.6 is 0 Å². The number of nitro groups is 1. The Morgan fingerprint density at radius 2 is 1.72 bits per heavy atom. The fraction of sp³-hybridized carbons (Fsp3) is 0.609. The van der Waals surface area contributed by atoms with Crippen molar-refractivity contribution < 1.29 is 24.0 Å². The molecule has 1 aliphatic heterocycles. The highest BCUT2D eigenvalue weighted by Crippen LogP contribution is 2.18. The summed E-state index contributed by atoms with van der Waals surface area (Å²) >= 11 is 0. The normalized spacial score (nSPS) is 15.8. The third kappa shape index (κ3) is 7.94. The predicted octanol–water partition coefficient (Wildman–Crippen LogP) is 3.61. The van der Waals surface area contributed by atoms with Crippen molar-refractivity contribution in [3.63, 3.8) is 0 Å². The molecule has 9 heteroatoms. The molecule has 0 radical (unpaired) electrons. The Hall–Kier alpha value is -2.97. The number of unbranched alkanes of at least 4 members (excludes halogenated alkanes) is 7. The Bertz CT molecular complexity index is 780. The van der Waals surface area contributed by atoms with Crippen molar-refractivity contribution in [1.29, 1.82) is 0 Å². The largest absolute Gasteiger partial charge is 0.466 e. The predicted molar refractivity (Wildman–Crippen MR) is 119 cm³/mol. The van der Waals surface area contributed by atoms with Gasteiger partial charge >= 0.3 is 5.97 Å². The zero-order valence-electron chi connectivity index (χ0n) is 18.7. The number of ether oxygens (including phenoxy) is 1. The molecule has 1 atom stereocenters. The summed E-state index contributed by atoms with van der Waals surface area (Å²) in [7, 11) is 0. The zero-order chi connectivity index (χ0) is 23.3. The molecule has 1 saturated heterocycles. The summed E-state index contributed by atoms with van der Waals surface area (Å²) in [6.07, 6.45) is 8.87. The second-order valence-corrected chi connectivity index (χ2v) is 8.01. The van der Waals surface area contributed by atoms with Gasteiger partial charge in [-0.15, -0.1) is 0 Å². The van der Waals surface area contributed by atoms with E-state index in [1.165, 1.54) is 61.3 Å². The molecule has 1 aromatic rings. The number of piperazine rings is 1. The summed E-state index contributed by atoms with van der Waals surface area (Å²) in [5.41, 5.74) is 0.0987. The van der Waals surface area contributed by atoms with Gasteiger partial charge in [0.2, 0.25) is 5.91 Å². The second kappa shape index (κ2) is 13.4. The average molecular weight is 448 g/mol. The van der Waals surface area contributed by atoms with Crippen LogP contribution in [0.25, 0.3) is 0 Å². The first kappa shape index (κ1) is 25.3. The Balaban J connectivity index is 1.81. The molecule has 176 valence electrons. The van der Waals surface area contributed by atoms with Crippen LogP contribution in [0.3, 0.4) is 0 Å². The first-order valence-electron chi connectivity index (χ1n) is 11.4. The Kier molecular flexibility index (Phi) is 10.6. The fourth-order valence-electron chi connectivity index (χ4n) is 3.69. The molecule has 0 spiro atoms. The number of amides is 2. The highest BCUT2D eigenvalue weighted by Gasteiger charge is 2.35. The van der Waals surface area contributed by atoms with Crippen LogP contribution in [-0.4, -0.2) is 53.3 Å². The van der Waals surface area contributed by atoms with Crippen LogP contribution in [-0.2, 0) is 14.3 Å². The molecule has 0 saturated carbocycles. The van der Waals surface area contributed by atoms with Crippen LogP contribution in [0, 0.1) is 10.1 Å². The van der Waals surface area contributed by atoms with E-state index in [0.717, 1.165) is 19.3 Å². The lowest BCUT2D eigenvalue weighted by molar-refractivity contribution is -0.384. The Morgan fingerprint density at radius 1 is 1.09 bits per heavy atom. The molecule has 2 amide bonds. The monoisotopic (exact) mass is 447 g/mol. The van der Waals surface area contributed by atoms with Crippen molar-refractivity contribution in [3.05, 3.63) is 39.9 Å². The third-order valence-corrected chi connectivity index (χ3v) is 5.54. The summed E-state index contributed by atoms with van der Waals surface area (Å²) < 4.78 is 5.28. The van der Waals surface area contributed by atoms with Gasteiger partial charge in [-0.2, -0.15) is 0 Å². The van der Waals surface area contributed by atoms with Crippen LogP contribution < -0.4 is 5.32 Å². The topological polar surface area (TPSA) is 119 Å². The second-order valence-electron chi connectivity index (χ2n) is 8.01. The van der Waals surface area contributed by atoms with Crippen molar-refractivity contribution in [2.45, 2.75) is 70.8 Å². The molecule has 1 aliphatic rings. The van der Waals surface area contributed by atoms with Crippen molar-refractivity contribution in [3.8, 4) is 0 Å². The van der Waals surface area contributed by atoms with E-state index in [0.29, 0.717) is 6.61 Å². The van der Waals surface area contributed by atoms with Crippen LogP contribution in [0.2, 0.25) is 0 Å². The van der Waals surface area contributed by atoms with E-state index in [2.05, 4.69) is 12.2 Å². The number of carbonyl (C=O) groups is 3. The van der Waals surface area contributed by atoms with Crippen LogP contribution in [0.4, 0.5) is 5.69 Å². The maximum absolute atomic E-state index is 12.9. The van der Waals surface area contributed by atoms with E-state index in [1.54, 1.807) is 0 Å². The molecular formula is C23H33N3O6. The standard InChI is InChI=1S/C23H33N3O6/c1-2-3-4-5-6-7-8-9-16-32-21(27)17-20-22(28)24-14-15-25(20)23(29)18-10-12-19(13-11-18)26(30)31/h10-13,20H,2-9,14-17H2,1H3,(H,24,28). The Labute approximate surface area is 188 Å². The van der Waals surface area contributed by atoms with Crippen LogP contribution in [0.5, 0.6) is 0 Å². The fourth-order valence-corrected chi connectivity index (χ4v) is 3.69. The van der Waals surface area contributed by atoms with Gasteiger partial charge in [-0.1, -0.05) is 51.9 Å². The molecule has 1 aromatic carbocycles. The summed E-state index contributed by atoms with van der Waals surface area (Å²) in [5.74, 6) is -1.37. The van der Waals surface area contributed by atoms with Crippen molar-refractivity contribution in [2.75, 3.05) is 19.7 Å². The minimum atomic E-state index is -0.961. The number of nitro benzene ring substituents is 1. The van der Waals surface area contributed by atoms with Gasteiger partial charge in [0.05, 0.1) is 18.0 Å². The third-order valence-electron chi connectivity index (χ3n) is 5.54. The lowest BCUT2D eigenvalue weighted by Gasteiger charge is -2.34. The van der Waals surface area contributed by atoms with Crippen molar-refractivity contribution >= 4 is 23.5 Å². The number of nitrogens with zero attached hydrogens (tertiary/aromatic N) is 2. The number of non-ortho nitro benzene ring substituents is 1. The lowest BCUT2D eigenvalue weighted by atomic mass is 10.1. The van der Waals surface area contributed by atoms with Gasteiger partial charge in [0.25, 0.3) is 11.6 Å². The molecule has 1 fully saturated rings. The Morgan fingerprint density at radius 3 is 2.34 bits per heavy atom. The smallest absolute Gasteiger partial charge is 0.308 e. The quantitative estimate of drug-likeness (QED) is 0.214. The molecule has 1 N–H and O–H groups in total. The SMILES string of the molecule is CCCCCCCCCCOC(=O)CC1C(=O)NCCN1C(=O)c1ccc([N+](=O)[O-])cc1. The van der Waals surface area contributed by atoms with E-state index in [4.69, 9.17) is 4.74 Å². The maximum atomic E-state index is 12.9.